The molecule has 2 aliphatic rings. The molecule has 4 aromatic rings. The summed E-state index contributed by atoms with van der Waals surface area (Å²) in [6.07, 6.45) is -0.133. The van der Waals surface area contributed by atoms with Crippen molar-refractivity contribution >= 4 is 28.5 Å². The zero-order chi connectivity index (χ0) is 23.8. The number of likely N-dealkylation sites (tertiary alicyclic amines) is 1. The Morgan fingerprint density at radius 3 is 2.68 bits per heavy atom. The van der Waals surface area contributed by atoms with Gasteiger partial charge in [-0.25, -0.2) is 9.97 Å². The lowest BCUT2D eigenvalue weighted by atomic mass is 10.1. The molecule has 1 saturated heterocycles. The van der Waals surface area contributed by atoms with Crippen LogP contribution in [-0.2, 0) is 11.7 Å². The van der Waals surface area contributed by atoms with Crippen LogP contribution in [0.4, 0.5) is 13.2 Å². The highest BCUT2D eigenvalue weighted by molar-refractivity contribution is 6.32. The molecule has 174 valence electrons. The Kier molecular flexibility index (Phi) is 4.35. The predicted octanol–water partition coefficient (Wildman–Crippen LogP) is 4.28. The quantitative estimate of drug-likeness (QED) is 0.465. The molecule has 1 amide bonds. The molecule has 0 spiro atoms. The van der Waals surface area contributed by atoms with Crippen LogP contribution in [0.5, 0.6) is 0 Å². The van der Waals surface area contributed by atoms with Crippen molar-refractivity contribution in [3.8, 4) is 5.69 Å². The lowest BCUT2D eigenvalue weighted by Gasteiger charge is -2.27. The number of alkyl halides is 3. The Balaban J connectivity index is 1.42. The number of aromatic nitrogens is 6. The molecule has 6 rings (SSSR count). The fourth-order valence-corrected chi connectivity index (χ4v) is 5.23. The van der Waals surface area contributed by atoms with Gasteiger partial charge in [0.1, 0.15) is 17.1 Å². The minimum Gasteiger partial charge on any atom is -0.340 e. The number of halogens is 4. The van der Waals surface area contributed by atoms with Gasteiger partial charge in [-0.05, 0) is 49.9 Å². The van der Waals surface area contributed by atoms with Gasteiger partial charge in [-0.1, -0.05) is 11.6 Å². The summed E-state index contributed by atoms with van der Waals surface area (Å²) in [7, 11) is 0. The van der Waals surface area contributed by atoms with Crippen molar-refractivity contribution in [2.75, 3.05) is 6.54 Å². The number of imidazole rings is 1. The highest BCUT2D eigenvalue weighted by Gasteiger charge is 2.66. The van der Waals surface area contributed by atoms with Gasteiger partial charge in [0.2, 0.25) is 0 Å². The number of fused-ring (bicyclic) bond motifs is 2. The van der Waals surface area contributed by atoms with Crippen molar-refractivity contribution in [1.29, 1.82) is 0 Å². The number of nitrogens with one attached hydrogen (secondary N) is 1. The van der Waals surface area contributed by atoms with Crippen LogP contribution in [-0.4, -0.2) is 47.3 Å². The van der Waals surface area contributed by atoms with Gasteiger partial charge in [0.25, 0.3) is 5.91 Å². The van der Waals surface area contributed by atoms with E-state index < -0.39 is 22.3 Å². The minimum absolute atomic E-state index is 0.158. The number of H-pyrrole nitrogens is 1. The standard InChI is InChI=1S/C22H17ClF3N7O/c1-11-2-3-17(33-27-5-6-28-33)18(29-11)19(34)32-7-4-12-10-21(12,32)20-30-15-8-13(22(24,25)26)14(23)9-16(15)31-20/h2-3,5-6,8-9,12H,4,7,10H2,1H3,(H,30,31)/t12-,21+/m1/s1. The first-order valence-corrected chi connectivity index (χ1v) is 11.0. The molecular formula is C22H17ClF3N7O. The van der Waals surface area contributed by atoms with Crippen LogP contribution in [0.25, 0.3) is 16.7 Å². The van der Waals surface area contributed by atoms with E-state index in [2.05, 4.69) is 25.1 Å². The maximum atomic E-state index is 13.8. The number of hydrogen-bond acceptors (Lipinski definition) is 5. The van der Waals surface area contributed by atoms with Crippen molar-refractivity contribution in [3.63, 3.8) is 0 Å². The Morgan fingerprint density at radius 2 is 1.97 bits per heavy atom. The molecule has 0 radical (unpaired) electrons. The molecule has 1 aliphatic carbocycles. The van der Waals surface area contributed by atoms with Crippen LogP contribution in [0.1, 0.15) is 40.4 Å². The zero-order valence-corrected chi connectivity index (χ0v) is 18.5. The molecule has 2 atom stereocenters. The average molecular weight is 488 g/mol. The number of aromatic amines is 1. The molecule has 3 aromatic heterocycles. The van der Waals surface area contributed by atoms with Crippen molar-refractivity contribution in [2.45, 2.75) is 31.5 Å². The summed E-state index contributed by atoms with van der Waals surface area (Å²) in [6.45, 7) is 2.27. The van der Waals surface area contributed by atoms with E-state index in [1.165, 1.54) is 23.3 Å². The molecule has 8 nitrogen and oxygen atoms in total. The van der Waals surface area contributed by atoms with Gasteiger partial charge in [-0.3, -0.25) is 4.79 Å². The number of nitrogens with zero attached hydrogens (tertiary/aromatic N) is 6. The normalized spacial score (nSPS) is 21.8. The van der Waals surface area contributed by atoms with Crippen LogP contribution >= 0.6 is 11.6 Å². The average Bonchev–Trinajstić information content (AvgIpc) is 3.19. The number of pyridine rings is 1. The van der Waals surface area contributed by atoms with Crippen molar-refractivity contribution < 1.29 is 18.0 Å². The molecule has 0 unspecified atom stereocenters. The number of carbonyl (C=O) groups excluding carboxylic acids is 1. The van der Waals surface area contributed by atoms with E-state index in [0.717, 1.165) is 12.5 Å². The van der Waals surface area contributed by atoms with Crippen LogP contribution in [0.15, 0.2) is 36.7 Å². The summed E-state index contributed by atoms with van der Waals surface area (Å²) in [6, 6.07) is 5.69. The summed E-state index contributed by atoms with van der Waals surface area (Å²) in [5, 5.41) is 7.84. The zero-order valence-electron chi connectivity index (χ0n) is 17.8. The SMILES string of the molecule is Cc1ccc(-n2nccn2)c(C(=O)N2CC[C@@H]3C[C@@]32c2nc3cc(Cl)c(C(F)(F)F)cc3[nH]2)n1. The third-order valence-corrected chi connectivity index (χ3v) is 6.95. The molecule has 34 heavy (non-hydrogen) atoms. The van der Waals surface area contributed by atoms with Gasteiger partial charge in [-0.2, -0.15) is 23.4 Å². The molecule has 1 aliphatic heterocycles. The second-order valence-electron chi connectivity index (χ2n) is 8.64. The molecular weight excluding hydrogens is 471 g/mol. The number of rotatable bonds is 3. The Bertz CT molecular complexity index is 1450. The highest BCUT2D eigenvalue weighted by atomic mass is 35.5. The molecule has 4 heterocycles. The number of piperidine rings is 1. The summed E-state index contributed by atoms with van der Waals surface area (Å²) in [4.78, 5) is 28.9. The maximum Gasteiger partial charge on any atom is 0.417 e. The fraction of sp³-hybridized carbons (Fsp3) is 0.318. The second-order valence-corrected chi connectivity index (χ2v) is 9.05. The Morgan fingerprint density at radius 1 is 1.21 bits per heavy atom. The van der Waals surface area contributed by atoms with Crippen molar-refractivity contribution in [2.24, 2.45) is 5.92 Å². The number of benzene rings is 1. The molecule has 2 fully saturated rings. The Hall–Kier alpha value is -3.47. The van der Waals surface area contributed by atoms with E-state index in [1.54, 1.807) is 24.0 Å². The highest BCUT2D eigenvalue weighted by Crippen LogP contribution is 2.62. The predicted molar refractivity (Wildman–Crippen MR) is 115 cm³/mol. The van der Waals surface area contributed by atoms with Gasteiger partial charge < -0.3 is 9.88 Å². The lowest BCUT2D eigenvalue weighted by molar-refractivity contribution is -0.137. The summed E-state index contributed by atoms with van der Waals surface area (Å²) in [5.41, 5.74) is 0.219. The minimum atomic E-state index is -4.58. The number of aryl methyl sites for hydroxylation is 1. The third kappa shape index (κ3) is 3.03. The summed E-state index contributed by atoms with van der Waals surface area (Å²) < 4.78 is 40.0. The first kappa shape index (κ1) is 21.1. The Labute approximate surface area is 195 Å². The molecule has 12 heteroatoms. The molecule has 1 N–H and O–H groups in total. The van der Waals surface area contributed by atoms with Gasteiger partial charge in [-0.15, -0.1) is 4.80 Å². The van der Waals surface area contributed by atoms with Crippen LogP contribution in [0.3, 0.4) is 0 Å². The third-order valence-electron chi connectivity index (χ3n) is 6.64. The second kappa shape index (κ2) is 7.02. The number of amides is 1. The first-order valence-electron chi connectivity index (χ1n) is 10.6. The van der Waals surface area contributed by atoms with Crippen molar-refractivity contribution in [1.82, 2.24) is 34.8 Å². The van der Waals surface area contributed by atoms with Crippen molar-refractivity contribution in [3.05, 3.63) is 64.5 Å². The van der Waals surface area contributed by atoms with Crippen LogP contribution < -0.4 is 0 Å². The smallest absolute Gasteiger partial charge is 0.340 e. The number of carbonyl (C=O) groups is 1. The van der Waals surface area contributed by atoms with Gasteiger partial charge in [0.05, 0.1) is 34.0 Å². The van der Waals surface area contributed by atoms with Gasteiger partial charge in [0, 0.05) is 12.2 Å². The summed E-state index contributed by atoms with van der Waals surface area (Å²) >= 11 is 5.88. The number of hydrogen-bond donors (Lipinski definition) is 1. The molecule has 1 aromatic carbocycles. The van der Waals surface area contributed by atoms with E-state index >= 15 is 0 Å². The van der Waals surface area contributed by atoms with E-state index in [-0.39, 0.29) is 23.0 Å². The monoisotopic (exact) mass is 487 g/mol. The largest absolute Gasteiger partial charge is 0.417 e. The fourth-order valence-electron chi connectivity index (χ4n) is 4.96. The van der Waals surface area contributed by atoms with Crippen LogP contribution in [0, 0.1) is 12.8 Å². The topological polar surface area (TPSA) is 92.6 Å². The lowest BCUT2D eigenvalue weighted by Crippen LogP contribution is -2.40. The van der Waals surface area contributed by atoms with E-state index in [4.69, 9.17) is 11.6 Å². The van der Waals surface area contributed by atoms with Gasteiger partial charge >= 0.3 is 6.18 Å². The van der Waals surface area contributed by atoms with Gasteiger partial charge in [0.15, 0.2) is 5.69 Å². The maximum absolute atomic E-state index is 13.8. The van der Waals surface area contributed by atoms with E-state index in [9.17, 15) is 18.0 Å². The van der Waals surface area contributed by atoms with E-state index in [0.29, 0.717) is 35.7 Å². The van der Waals surface area contributed by atoms with Crippen LogP contribution in [0.2, 0.25) is 5.02 Å². The molecule has 1 saturated carbocycles. The first-order chi connectivity index (χ1) is 16.2. The van der Waals surface area contributed by atoms with E-state index in [1.807, 2.05) is 0 Å². The summed E-state index contributed by atoms with van der Waals surface area (Å²) in [5.74, 6) is 0.316. The molecule has 0 bridgehead atoms.